The van der Waals surface area contributed by atoms with Crippen molar-refractivity contribution in [3.05, 3.63) is 20.8 Å². The van der Waals surface area contributed by atoms with Crippen molar-refractivity contribution in [3.8, 4) is 0 Å². The minimum absolute atomic E-state index is 0.196. The zero-order valence-electron chi connectivity index (χ0n) is 11.1. The van der Waals surface area contributed by atoms with Crippen LogP contribution in [0, 0.1) is 0 Å². The van der Waals surface area contributed by atoms with Gasteiger partial charge in [0, 0.05) is 28.2 Å². The van der Waals surface area contributed by atoms with Gasteiger partial charge in [0.1, 0.15) is 11.5 Å². The number of rotatable bonds is 0. The maximum absolute atomic E-state index is 12.0. The largest absolute Gasteiger partial charge is 0.349 e. The molecule has 0 saturated carbocycles. The Hall–Kier alpha value is -1.72. The molecule has 6 nitrogen and oxygen atoms in total. The Kier molecular flexibility index (Phi) is 1.45. The molecule has 0 saturated heterocycles. The van der Waals surface area contributed by atoms with Crippen molar-refractivity contribution >= 4 is 11.5 Å². The van der Waals surface area contributed by atoms with E-state index >= 15 is 0 Å². The summed E-state index contributed by atoms with van der Waals surface area (Å²) < 4.78 is 18.0. The van der Waals surface area contributed by atoms with Gasteiger partial charge >= 0.3 is 5.69 Å². The van der Waals surface area contributed by atoms with Crippen LogP contribution in [-0.4, -0.2) is 29.9 Å². The average molecular weight is 212 g/mol. The zero-order valence-corrected chi connectivity index (χ0v) is 9.11. The minimum atomic E-state index is -1.82. The van der Waals surface area contributed by atoms with Gasteiger partial charge in [-0.3, -0.25) is 13.9 Å². The van der Waals surface area contributed by atoms with Crippen LogP contribution in [-0.2, 0) is 14.1 Å². The fraction of sp³-hybridized carbons (Fsp3) is 0.556. The summed E-state index contributed by atoms with van der Waals surface area (Å²) in [7, 11) is 5.91. The number of nitrogens with zero attached hydrogens (tertiary/aromatic N) is 4. The van der Waals surface area contributed by atoms with Gasteiger partial charge in [0.05, 0.1) is 9.36 Å². The van der Waals surface area contributed by atoms with Crippen LogP contribution in [0.2, 0.25) is 0 Å². The van der Waals surface area contributed by atoms with Crippen LogP contribution in [0.15, 0.2) is 9.59 Å². The van der Waals surface area contributed by atoms with Crippen LogP contribution in [0.25, 0.3) is 0 Å². The van der Waals surface area contributed by atoms with Crippen molar-refractivity contribution in [3.63, 3.8) is 0 Å². The van der Waals surface area contributed by atoms with Gasteiger partial charge in [-0.15, -0.1) is 0 Å². The molecule has 15 heavy (non-hydrogen) atoms. The second-order valence-corrected chi connectivity index (χ2v) is 3.60. The highest BCUT2D eigenvalue weighted by atomic mass is 16.2. The summed E-state index contributed by atoms with van der Waals surface area (Å²) in [6, 6.07) is 0. The SMILES string of the molecule is [2H]C1([2H])N(C)c2c(n(C)c(=O)n(C)c2=O)N1C. The number of anilines is 2. The molecule has 2 rings (SSSR count). The Morgan fingerprint density at radius 3 is 2.27 bits per heavy atom. The van der Waals surface area contributed by atoms with E-state index in [4.69, 9.17) is 2.74 Å². The molecule has 1 aromatic heterocycles. The third kappa shape index (κ3) is 1.10. The maximum Gasteiger partial charge on any atom is 0.332 e. The smallest absolute Gasteiger partial charge is 0.332 e. The Bertz CT molecular complexity index is 604. The van der Waals surface area contributed by atoms with Gasteiger partial charge in [-0.25, -0.2) is 4.79 Å². The molecule has 0 atom stereocenters. The van der Waals surface area contributed by atoms with Gasteiger partial charge in [-0.05, 0) is 0 Å². The van der Waals surface area contributed by atoms with Gasteiger partial charge in [-0.2, -0.15) is 0 Å². The second-order valence-electron chi connectivity index (χ2n) is 3.60. The quantitative estimate of drug-likeness (QED) is 0.549. The molecule has 0 fully saturated rings. The first kappa shape index (κ1) is 7.56. The molecule has 0 aliphatic carbocycles. The monoisotopic (exact) mass is 212 g/mol. The Morgan fingerprint density at radius 1 is 1.07 bits per heavy atom. The second kappa shape index (κ2) is 2.88. The first-order valence-corrected chi connectivity index (χ1v) is 4.49. The molecule has 0 bridgehead atoms. The van der Waals surface area contributed by atoms with Crippen LogP contribution in [0.5, 0.6) is 0 Å². The fourth-order valence-electron chi connectivity index (χ4n) is 1.82. The number of fused-ring (bicyclic) bond motifs is 1. The van der Waals surface area contributed by atoms with Gasteiger partial charge in [0.25, 0.3) is 5.56 Å². The Labute approximate surface area is 89.8 Å². The lowest BCUT2D eigenvalue weighted by Gasteiger charge is -2.13. The van der Waals surface area contributed by atoms with E-state index in [1.807, 2.05) is 0 Å². The number of aromatic nitrogens is 2. The van der Waals surface area contributed by atoms with E-state index in [0.29, 0.717) is 5.82 Å². The molecular formula is C9H14N4O2. The van der Waals surface area contributed by atoms with E-state index in [1.165, 1.54) is 42.6 Å². The van der Waals surface area contributed by atoms with E-state index in [9.17, 15) is 9.59 Å². The highest BCUT2D eigenvalue weighted by Crippen LogP contribution is 2.27. The third-order valence-corrected chi connectivity index (χ3v) is 2.56. The van der Waals surface area contributed by atoms with Crippen LogP contribution >= 0.6 is 0 Å². The van der Waals surface area contributed by atoms with Crippen LogP contribution in [0.4, 0.5) is 11.5 Å². The molecule has 0 spiro atoms. The Balaban J connectivity index is 2.94. The zero-order chi connectivity index (χ0) is 13.1. The molecule has 1 aromatic rings. The Morgan fingerprint density at radius 2 is 1.67 bits per heavy atom. The molecule has 0 N–H and O–H groups in total. The molecule has 1 aliphatic rings. The molecule has 0 radical (unpaired) electrons. The van der Waals surface area contributed by atoms with Crippen molar-refractivity contribution < 1.29 is 2.74 Å². The maximum atomic E-state index is 12.0. The minimum Gasteiger partial charge on any atom is -0.349 e. The van der Waals surface area contributed by atoms with E-state index in [2.05, 4.69) is 0 Å². The van der Waals surface area contributed by atoms with Crippen molar-refractivity contribution in [1.29, 1.82) is 0 Å². The van der Waals surface area contributed by atoms with Crippen molar-refractivity contribution in [2.75, 3.05) is 30.5 Å². The summed E-state index contributed by atoms with van der Waals surface area (Å²) in [5.74, 6) is 0.297. The molecule has 0 aromatic carbocycles. The number of hydrogen-bond donors (Lipinski definition) is 0. The van der Waals surface area contributed by atoms with Gasteiger partial charge < -0.3 is 9.80 Å². The summed E-state index contributed by atoms with van der Waals surface area (Å²) in [6.07, 6.45) is 0. The van der Waals surface area contributed by atoms with E-state index in [0.717, 1.165) is 4.57 Å². The predicted octanol–water partition coefficient (Wildman–Crippen LogP) is -1.07. The summed E-state index contributed by atoms with van der Waals surface area (Å²) in [6.45, 7) is -1.82. The highest BCUT2D eigenvalue weighted by molar-refractivity contribution is 5.71. The molecular weight excluding hydrogens is 196 g/mol. The molecule has 0 unspecified atom stereocenters. The van der Waals surface area contributed by atoms with E-state index in [-0.39, 0.29) is 5.69 Å². The lowest BCUT2D eigenvalue weighted by atomic mass is 10.4. The normalized spacial score (nSPS) is 20.0. The molecule has 82 valence electrons. The van der Waals surface area contributed by atoms with Gasteiger partial charge in [0.2, 0.25) is 0 Å². The fourth-order valence-corrected chi connectivity index (χ4v) is 1.82. The standard InChI is InChI=1S/C9H14N4O2/c1-10-5-11(2)7-6(10)8(14)13(4)9(15)12(7)3/h5H2,1-4H3/i5D2. The lowest BCUT2D eigenvalue weighted by molar-refractivity contribution is 0.689. The van der Waals surface area contributed by atoms with Crippen LogP contribution in [0.3, 0.4) is 0 Å². The first-order chi connectivity index (χ1) is 7.71. The molecule has 6 heteroatoms. The summed E-state index contributed by atoms with van der Waals surface area (Å²) >= 11 is 0. The topological polar surface area (TPSA) is 50.5 Å². The van der Waals surface area contributed by atoms with Crippen molar-refractivity contribution in [2.45, 2.75) is 0 Å². The number of hydrogen-bond acceptors (Lipinski definition) is 4. The first-order valence-electron chi connectivity index (χ1n) is 5.49. The summed E-state index contributed by atoms with van der Waals surface area (Å²) in [5, 5.41) is 0. The van der Waals surface area contributed by atoms with Gasteiger partial charge in [-0.1, -0.05) is 0 Å². The molecule has 1 aliphatic heterocycles. The third-order valence-electron chi connectivity index (χ3n) is 2.56. The average Bonchev–Trinajstić information content (AvgIpc) is 2.45. The summed E-state index contributed by atoms with van der Waals surface area (Å²) in [5.41, 5.74) is -0.757. The van der Waals surface area contributed by atoms with Gasteiger partial charge in [0.15, 0.2) is 0 Å². The van der Waals surface area contributed by atoms with Crippen LogP contribution < -0.4 is 21.0 Å². The van der Waals surface area contributed by atoms with Crippen LogP contribution in [0.1, 0.15) is 2.74 Å². The van der Waals surface area contributed by atoms with Crippen molar-refractivity contribution in [1.82, 2.24) is 9.13 Å². The summed E-state index contributed by atoms with van der Waals surface area (Å²) in [4.78, 5) is 26.3. The molecule has 2 heterocycles. The molecule has 0 amide bonds. The van der Waals surface area contributed by atoms with E-state index in [1.54, 1.807) is 0 Å². The predicted molar refractivity (Wildman–Crippen MR) is 58.6 cm³/mol. The van der Waals surface area contributed by atoms with E-state index < -0.39 is 17.9 Å². The lowest BCUT2D eigenvalue weighted by Crippen LogP contribution is -2.38. The van der Waals surface area contributed by atoms with Crippen molar-refractivity contribution in [2.24, 2.45) is 14.1 Å². The highest BCUT2D eigenvalue weighted by Gasteiger charge is 2.27.